The van der Waals surface area contributed by atoms with Crippen molar-refractivity contribution < 1.29 is 0 Å². The van der Waals surface area contributed by atoms with Crippen LogP contribution in [0.15, 0.2) is 11.8 Å². The van der Waals surface area contributed by atoms with Crippen molar-refractivity contribution in [2.24, 2.45) is 0 Å². The molecule has 0 saturated carbocycles. The zero-order valence-electron chi connectivity index (χ0n) is 5.86. The summed E-state index contributed by atoms with van der Waals surface area (Å²) in [6.45, 7) is 0.740. The van der Waals surface area contributed by atoms with Crippen LogP contribution in [0.2, 0.25) is 0 Å². The SMILES string of the molecule is CN/C=C(\C=N)CNC. The lowest BCUT2D eigenvalue weighted by Gasteiger charge is -1.97. The van der Waals surface area contributed by atoms with Crippen molar-refractivity contribution in [3.8, 4) is 0 Å². The third-order valence-electron chi connectivity index (χ3n) is 0.896. The zero-order valence-corrected chi connectivity index (χ0v) is 5.86. The minimum absolute atomic E-state index is 0.740. The van der Waals surface area contributed by atoms with Gasteiger partial charge in [-0.05, 0) is 12.6 Å². The molecule has 0 unspecified atom stereocenters. The molecule has 0 amide bonds. The monoisotopic (exact) mass is 127 g/mol. The fourth-order valence-electron chi connectivity index (χ4n) is 0.533. The summed E-state index contributed by atoms with van der Waals surface area (Å²) in [5.74, 6) is 0. The highest BCUT2D eigenvalue weighted by Gasteiger charge is 1.85. The van der Waals surface area contributed by atoms with E-state index in [0.717, 1.165) is 12.1 Å². The predicted octanol–water partition coefficient (Wildman–Crippen LogP) is -0.0413. The highest BCUT2D eigenvalue weighted by atomic mass is 14.8. The van der Waals surface area contributed by atoms with Crippen molar-refractivity contribution in [1.82, 2.24) is 10.6 Å². The van der Waals surface area contributed by atoms with Gasteiger partial charge in [0, 0.05) is 26.0 Å². The number of rotatable bonds is 4. The molecular formula is C6H13N3. The Morgan fingerprint density at radius 1 is 1.56 bits per heavy atom. The quantitative estimate of drug-likeness (QED) is 0.464. The lowest BCUT2D eigenvalue weighted by Crippen LogP contribution is -2.13. The summed E-state index contributed by atoms with van der Waals surface area (Å²) < 4.78 is 0. The summed E-state index contributed by atoms with van der Waals surface area (Å²) in [6.07, 6.45) is 3.12. The molecule has 3 heteroatoms. The van der Waals surface area contributed by atoms with Gasteiger partial charge in [-0.15, -0.1) is 0 Å². The van der Waals surface area contributed by atoms with E-state index in [1.807, 2.05) is 14.1 Å². The van der Waals surface area contributed by atoms with Gasteiger partial charge in [-0.2, -0.15) is 0 Å². The topological polar surface area (TPSA) is 47.9 Å². The van der Waals surface area contributed by atoms with Crippen molar-refractivity contribution in [2.75, 3.05) is 20.6 Å². The van der Waals surface area contributed by atoms with E-state index in [9.17, 15) is 0 Å². The summed E-state index contributed by atoms with van der Waals surface area (Å²) in [5, 5.41) is 12.7. The van der Waals surface area contributed by atoms with Gasteiger partial charge in [-0.3, -0.25) is 0 Å². The van der Waals surface area contributed by atoms with Crippen LogP contribution in [0.25, 0.3) is 0 Å². The van der Waals surface area contributed by atoms with E-state index in [1.54, 1.807) is 6.20 Å². The average Bonchev–Trinajstić information content (AvgIpc) is 1.88. The largest absolute Gasteiger partial charge is 0.394 e. The van der Waals surface area contributed by atoms with E-state index in [4.69, 9.17) is 5.41 Å². The Morgan fingerprint density at radius 2 is 2.22 bits per heavy atom. The highest BCUT2D eigenvalue weighted by molar-refractivity contribution is 5.75. The molecule has 9 heavy (non-hydrogen) atoms. The molecule has 0 aromatic heterocycles. The van der Waals surface area contributed by atoms with Crippen LogP contribution in [0.4, 0.5) is 0 Å². The molecular weight excluding hydrogens is 114 g/mol. The number of likely N-dealkylation sites (N-methyl/N-ethyl adjacent to an activating group) is 1. The molecule has 3 N–H and O–H groups in total. The van der Waals surface area contributed by atoms with E-state index < -0.39 is 0 Å². The third kappa shape index (κ3) is 3.73. The van der Waals surface area contributed by atoms with Crippen LogP contribution in [-0.4, -0.2) is 26.9 Å². The van der Waals surface area contributed by atoms with Crippen LogP contribution in [0, 0.1) is 5.41 Å². The van der Waals surface area contributed by atoms with Crippen molar-refractivity contribution in [1.29, 1.82) is 5.41 Å². The molecule has 0 saturated heterocycles. The molecule has 3 nitrogen and oxygen atoms in total. The molecule has 0 rings (SSSR count). The smallest absolute Gasteiger partial charge is 0.0237 e. The molecule has 0 aliphatic carbocycles. The molecule has 0 aliphatic rings. The van der Waals surface area contributed by atoms with Gasteiger partial charge < -0.3 is 16.0 Å². The fraction of sp³-hybridized carbons (Fsp3) is 0.500. The van der Waals surface area contributed by atoms with Crippen LogP contribution in [0.3, 0.4) is 0 Å². The minimum atomic E-state index is 0.740. The molecule has 0 aromatic rings. The second kappa shape index (κ2) is 5.31. The Hall–Kier alpha value is -0.830. The normalized spacial score (nSPS) is 11.1. The first-order valence-electron chi connectivity index (χ1n) is 2.86. The zero-order chi connectivity index (χ0) is 7.11. The van der Waals surface area contributed by atoms with Gasteiger partial charge in [0.1, 0.15) is 0 Å². The van der Waals surface area contributed by atoms with Gasteiger partial charge in [0.15, 0.2) is 0 Å². The average molecular weight is 127 g/mol. The standard InChI is InChI=1S/C6H13N3/c1-8-4-6(3-7)5-9-2/h3-4,7-9H,5H2,1-2H3/b6-4+,7-3?. The van der Waals surface area contributed by atoms with Gasteiger partial charge in [0.05, 0.1) is 0 Å². The maximum atomic E-state index is 6.89. The maximum absolute atomic E-state index is 6.89. The fourth-order valence-corrected chi connectivity index (χ4v) is 0.533. The molecule has 0 aromatic carbocycles. The van der Waals surface area contributed by atoms with Gasteiger partial charge in [-0.1, -0.05) is 0 Å². The first-order valence-corrected chi connectivity index (χ1v) is 2.86. The van der Waals surface area contributed by atoms with E-state index in [1.165, 1.54) is 6.21 Å². The Balaban J connectivity index is 3.66. The first kappa shape index (κ1) is 8.17. The first-order chi connectivity index (χ1) is 4.35. The van der Waals surface area contributed by atoms with E-state index >= 15 is 0 Å². The molecule has 0 radical (unpaired) electrons. The third-order valence-corrected chi connectivity index (χ3v) is 0.896. The molecule has 0 heterocycles. The lowest BCUT2D eigenvalue weighted by atomic mass is 10.3. The Bertz CT molecular complexity index is 107. The summed E-state index contributed by atoms with van der Waals surface area (Å²) in [4.78, 5) is 0. The number of hydrogen-bond acceptors (Lipinski definition) is 3. The molecule has 0 atom stereocenters. The lowest BCUT2D eigenvalue weighted by molar-refractivity contribution is 0.893. The Labute approximate surface area is 55.7 Å². The van der Waals surface area contributed by atoms with Crippen LogP contribution < -0.4 is 10.6 Å². The summed E-state index contributed by atoms with van der Waals surface area (Å²) in [5.41, 5.74) is 0.944. The summed E-state index contributed by atoms with van der Waals surface area (Å²) in [7, 11) is 3.67. The van der Waals surface area contributed by atoms with Crippen molar-refractivity contribution in [2.45, 2.75) is 0 Å². The second-order valence-electron chi connectivity index (χ2n) is 1.68. The Morgan fingerprint density at radius 3 is 2.56 bits per heavy atom. The van der Waals surface area contributed by atoms with Crippen LogP contribution in [0.5, 0.6) is 0 Å². The highest BCUT2D eigenvalue weighted by Crippen LogP contribution is 1.81. The van der Waals surface area contributed by atoms with Gasteiger partial charge in [-0.25, -0.2) is 0 Å². The predicted molar refractivity (Wildman–Crippen MR) is 39.9 cm³/mol. The van der Waals surface area contributed by atoms with Gasteiger partial charge in [0.25, 0.3) is 0 Å². The van der Waals surface area contributed by atoms with Crippen LogP contribution in [0.1, 0.15) is 0 Å². The maximum Gasteiger partial charge on any atom is 0.0237 e. The second-order valence-corrected chi connectivity index (χ2v) is 1.68. The Kier molecular flexibility index (Phi) is 4.82. The van der Waals surface area contributed by atoms with Crippen molar-refractivity contribution in [3.05, 3.63) is 11.8 Å². The minimum Gasteiger partial charge on any atom is -0.394 e. The van der Waals surface area contributed by atoms with Crippen LogP contribution >= 0.6 is 0 Å². The summed E-state index contributed by atoms with van der Waals surface area (Å²) >= 11 is 0. The molecule has 0 spiro atoms. The van der Waals surface area contributed by atoms with Gasteiger partial charge in [0.2, 0.25) is 0 Å². The van der Waals surface area contributed by atoms with E-state index in [-0.39, 0.29) is 0 Å². The van der Waals surface area contributed by atoms with E-state index in [0.29, 0.717) is 0 Å². The number of hydrogen-bond donors (Lipinski definition) is 3. The molecule has 0 aliphatic heterocycles. The van der Waals surface area contributed by atoms with Gasteiger partial charge >= 0.3 is 0 Å². The summed E-state index contributed by atoms with van der Waals surface area (Å²) in [6, 6.07) is 0. The number of nitrogens with one attached hydrogen (secondary N) is 3. The van der Waals surface area contributed by atoms with Crippen molar-refractivity contribution in [3.63, 3.8) is 0 Å². The van der Waals surface area contributed by atoms with Crippen LogP contribution in [-0.2, 0) is 0 Å². The van der Waals surface area contributed by atoms with Crippen molar-refractivity contribution >= 4 is 6.21 Å². The molecule has 52 valence electrons. The molecule has 0 bridgehead atoms. The van der Waals surface area contributed by atoms with E-state index in [2.05, 4.69) is 10.6 Å². The molecule has 0 fully saturated rings.